The standard InChI is InChI=1S/C24H25ClN6O2/c1-3-33-20-10-8-19(9-11-20)30(2)24(32)15-14-23-28-27-22-13-12-21(29-31(22)23)26-16-17-4-6-18(25)7-5-17/h4-13H,3,14-16H2,1-2H3,(H,26,29). The number of nitrogens with zero attached hydrogens (tertiary/aromatic N) is 5. The zero-order valence-corrected chi connectivity index (χ0v) is 19.3. The van der Waals surface area contributed by atoms with E-state index >= 15 is 0 Å². The van der Waals surface area contributed by atoms with Gasteiger partial charge in [-0.3, -0.25) is 4.79 Å². The number of hydrogen-bond donors (Lipinski definition) is 1. The lowest BCUT2D eigenvalue weighted by Gasteiger charge is -2.17. The van der Waals surface area contributed by atoms with Gasteiger partial charge >= 0.3 is 0 Å². The smallest absolute Gasteiger partial charge is 0.227 e. The number of hydrogen-bond acceptors (Lipinski definition) is 6. The van der Waals surface area contributed by atoms with Crippen LogP contribution in [0.25, 0.3) is 5.65 Å². The molecule has 0 unspecified atom stereocenters. The molecule has 0 aliphatic heterocycles. The predicted molar refractivity (Wildman–Crippen MR) is 129 cm³/mol. The van der Waals surface area contributed by atoms with Gasteiger partial charge in [0.25, 0.3) is 0 Å². The van der Waals surface area contributed by atoms with Crippen LogP contribution < -0.4 is 15.0 Å². The Morgan fingerprint density at radius 1 is 1.06 bits per heavy atom. The summed E-state index contributed by atoms with van der Waals surface area (Å²) in [4.78, 5) is 14.4. The van der Waals surface area contributed by atoms with E-state index in [-0.39, 0.29) is 12.3 Å². The van der Waals surface area contributed by atoms with Crippen LogP contribution in [0.1, 0.15) is 24.7 Å². The molecule has 1 N–H and O–H groups in total. The van der Waals surface area contributed by atoms with Gasteiger partial charge in [0.2, 0.25) is 5.91 Å². The molecule has 8 nitrogen and oxygen atoms in total. The van der Waals surface area contributed by atoms with E-state index < -0.39 is 0 Å². The van der Waals surface area contributed by atoms with Crippen LogP contribution >= 0.6 is 11.6 Å². The molecule has 2 aromatic heterocycles. The maximum atomic E-state index is 12.7. The predicted octanol–water partition coefficient (Wildman–Crippen LogP) is 4.38. The molecule has 170 valence electrons. The Bertz CT molecular complexity index is 1220. The molecule has 0 radical (unpaired) electrons. The van der Waals surface area contributed by atoms with Crippen LogP contribution in [0, 0.1) is 0 Å². The summed E-state index contributed by atoms with van der Waals surface area (Å²) in [6, 6.07) is 18.8. The Morgan fingerprint density at radius 2 is 1.82 bits per heavy atom. The molecule has 1 amide bonds. The first-order valence-electron chi connectivity index (χ1n) is 10.7. The molecule has 0 fully saturated rings. The molecule has 0 saturated carbocycles. The highest BCUT2D eigenvalue weighted by molar-refractivity contribution is 6.30. The monoisotopic (exact) mass is 464 g/mol. The highest BCUT2D eigenvalue weighted by Gasteiger charge is 2.14. The lowest BCUT2D eigenvalue weighted by molar-refractivity contribution is -0.118. The fourth-order valence-electron chi connectivity index (χ4n) is 3.34. The summed E-state index contributed by atoms with van der Waals surface area (Å²) >= 11 is 5.94. The quantitative estimate of drug-likeness (QED) is 0.395. The molecule has 0 saturated heterocycles. The van der Waals surface area contributed by atoms with Gasteiger partial charge in [-0.1, -0.05) is 23.7 Å². The zero-order chi connectivity index (χ0) is 23.2. The van der Waals surface area contributed by atoms with Crippen LogP contribution in [0.2, 0.25) is 5.02 Å². The minimum atomic E-state index is -0.0204. The first kappa shape index (κ1) is 22.5. The molecule has 0 atom stereocenters. The second kappa shape index (κ2) is 10.3. The van der Waals surface area contributed by atoms with E-state index in [0.29, 0.717) is 41.9 Å². The van der Waals surface area contributed by atoms with Crippen molar-refractivity contribution in [2.45, 2.75) is 26.3 Å². The summed E-state index contributed by atoms with van der Waals surface area (Å²) in [7, 11) is 1.76. The van der Waals surface area contributed by atoms with Gasteiger partial charge in [-0.2, -0.15) is 4.52 Å². The third-order valence-electron chi connectivity index (χ3n) is 5.19. The number of nitrogens with one attached hydrogen (secondary N) is 1. The summed E-state index contributed by atoms with van der Waals surface area (Å²) in [6.07, 6.45) is 0.712. The Kier molecular flexibility index (Phi) is 7.04. The summed E-state index contributed by atoms with van der Waals surface area (Å²) in [6.45, 7) is 3.15. The SMILES string of the molecule is CCOc1ccc(N(C)C(=O)CCc2nnc3ccc(NCc4ccc(Cl)cc4)nn23)cc1. The number of anilines is 2. The molecule has 9 heteroatoms. The maximum absolute atomic E-state index is 12.7. The molecular weight excluding hydrogens is 440 g/mol. The number of halogens is 1. The van der Waals surface area contributed by atoms with E-state index in [4.69, 9.17) is 16.3 Å². The lowest BCUT2D eigenvalue weighted by Crippen LogP contribution is -2.26. The van der Waals surface area contributed by atoms with Crippen LogP contribution in [0.15, 0.2) is 60.7 Å². The summed E-state index contributed by atoms with van der Waals surface area (Å²) in [5.74, 6) is 2.08. The molecular formula is C24H25ClN6O2. The number of amides is 1. The Labute approximate surface area is 197 Å². The number of aromatic nitrogens is 4. The zero-order valence-electron chi connectivity index (χ0n) is 18.5. The van der Waals surface area contributed by atoms with Crippen molar-refractivity contribution in [1.82, 2.24) is 19.8 Å². The van der Waals surface area contributed by atoms with Crippen LogP contribution in [0.4, 0.5) is 11.5 Å². The molecule has 0 aliphatic carbocycles. The third-order valence-corrected chi connectivity index (χ3v) is 5.44. The first-order valence-corrected chi connectivity index (χ1v) is 11.1. The van der Waals surface area contributed by atoms with Gasteiger partial charge in [-0.05, 0) is 61.0 Å². The van der Waals surface area contributed by atoms with E-state index in [9.17, 15) is 4.79 Å². The van der Waals surface area contributed by atoms with E-state index in [1.54, 1.807) is 16.5 Å². The van der Waals surface area contributed by atoms with Crippen LogP contribution in [0.3, 0.4) is 0 Å². The highest BCUT2D eigenvalue weighted by atomic mass is 35.5. The third kappa shape index (κ3) is 5.59. The largest absolute Gasteiger partial charge is 0.494 e. The van der Waals surface area contributed by atoms with Crippen molar-refractivity contribution in [3.8, 4) is 5.75 Å². The Balaban J connectivity index is 1.39. The molecule has 0 bridgehead atoms. The summed E-state index contributed by atoms with van der Waals surface area (Å²) < 4.78 is 7.13. The van der Waals surface area contributed by atoms with Gasteiger partial charge in [0, 0.05) is 37.1 Å². The average molecular weight is 465 g/mol. The van der Waals surface area contributed by atoms with Crippen molar-refractivity contribution in [2.75, 3.05) is 23.9 Å². The lowest BCUT2D eigenvalue weighted by atomic mass is 10.2. The summed E-state index contributed by atoms with van der Waals surface area (Å²) in [5.41, 5.74) is 2.53. The van der Waals surface area contributed by atoms with Crippen molar-refractivity contribution in [3.05, 3.63) is 77.1 Å². The Morgan fingerprint density at radius 3 is 2.55 bits per heavy atom. The molecule has 2 heterocycles. The molecule has 2 aromatic carbocycles. The van der Waals surface area contributed by atoms with Crippen LogP contribution in [-0.4, -0.2) is 39.4 Å². The van der Waals surface area contributed by atoms with Crippen molar-refractivity contribution in [3.63, 3.8) is 0 Å². The number of fused-ring (bicyclic) bond motifs is 1. The van der Waals surface area contributed by atoms with Crippen molar-refractivity contribution in [1.29, 1.82) is 0 Å². The number of ether oxygens (including phenoxy) is 1. The van der Waals surface area contributed by atoms with E-state index in [2.05, 4.69) is 20.6 Å². The van der Waals surface area contributed by atoms with Gasteiger partial charge in [-0.15, -0.1) is 15.3 Å². The molecule has 4 aromatic rings. The number of carbonyl (C=O) groups is 1. The van der Waals surface area contributed by atoms with E-state index in [1.807, 2.05) is 67.6 Å². The van der Waals surface area contributed by atoms with Crippen molar-refractivity contribution < 1.29 is 9.53 Å². The number of carbonyl (C=O) groups excluding carboxylic acids is 1. The first-order chi connectivity index (χ1) is 16.0. The molecule has 4 rings (SSSR count). The molecule has 33 heavy (non-hydrogen) atoms. The van der Waals surface area contributed by atoms with Crippen LogP contribution in [0.5, 0.6) is 5.75 Å². The topological polar surface area (TPSA) is 84.6 Å². The van der Waals surface area contributed by atoms with Gasteiger partial charge < -0.3 is 15.0 Å². The number of aryl methyl sites for hydroxylation is 1. The van der Waals surface area contributed by atoms with Gasteiger partial charge in [0.05, 0.1) is 6.61 Å². The summed E-state index contributed by atoms with van der Waals surface area (Å²) in [5, 5.41) is 17.0. The van der Waals surface area contributed by atoms with Gasteiger partial charge in [-0.25, -0.2) is 0 Å². The average Bonchev–Trinajstić information content (AvgIpc) is 3.24. The van der Waals surface area contributed by atoms with E-state index in [1.165, 1.54) is 0 Å². The fraction of sp³-hybridized carbons (Fsp3) is 0.250. The minimum Gasteiger partial charge on any atom is -0.494 e. The van der Waals surface area contributed by atoms with Crippen molar-refractivity contribution in [2.24, 2.45) is 0 Å². The molecule has 0 spiro atoms. The second-order valence-corrected chi connectivity index (χ2v) is 7.90. The maximum Gasteiger partial charge on any atom is 0.227 e. The van der Waals surface area contributed by atoms with Gasteiger partial charge in [0.15, 0.2) is 11.5 Å². The van der Waals surface area contributed by atoms with Crippen molar-refractivity contribution >= 4 is 34.7 Å². The number of rotatable bonds is 9. The second-order valence-electron chi connectivity index (χ2n) is 7.46. The minimum absolute atomic E-state index is 0.0204. The molecule has 0 aliphatic rings. The highest BCUT2D eigenvalue weighted by Crippen LogP contribution is 2.20. The van der Waals surface area contributed by atoms with Crippen LogP contribution in [-0.2, 0) is 17.8 Å². The van der Waals surface area contributed by atoms with Gasteiger partial charge in [0.1, 0.15) is 11.6 Å². The normalized spacial score (nSPS) is 10.9. The number of benzene rings is 2. The van der Waals surface area contributed by atoms with E-state index in [0.717, 1.165) is 17.0 Å². The fourth-order valence-corrected chi connectivity index (χ4v) is 3.47. The Hall–Kier alpha value is -3.65.